The molecule has 0 spiro atoms. The van der Waals surface area contributed by atoms with Crippen LogP contribution >= 0.6 is 11.8 Å². The monoisotopic (exact) mass is 194 g/mol. The van der Waals surface area contributed by atoms with Crippen molar-refractivity contribution < 1.29 is 0 Å². The summed E-state index contributed by atoms with van der Waals surface area (Å²) in [6.45, 7) is 2.31. The summed E-state index contributed by atoms with van der Waals surface area (Å²) in [5.74, 6) is 0. The van der Waals surface area contributed by atoms with E-state index in [1.807, 2.05) is 30.1 Å². The van der Waals surface area contributed by atoms with E-state index in [2.05, 4.69) is 16.4 Å². The minimum atomic E-state index is 0.712. The molecule has 2 rings (SSSR count). The van der Waals surface area contributed by atoms with Crippen LogP contribution in [0.15, 0.2) is 29.4 Å². The summed E-state index contributed by atoms with van der Waals surface area (Å²) in [5, 5.41) is 5.27. The molecule has 0 aromatic carbocycles. The van der Waals surface area contributed by atoms with Crippen LogP contribution in [0.25, 0.3) is 0 Å². The quantitative estimate of drug-likeness (QED) is 0.778. The number of aromatic nitrogens is 1. The molecule has 70 valence electrons. The molecule has 0 radical (unpaired) electrons. The van der Waals surface area contributed by atoms with Crippen LogP contribution in [-0.4, -0.2) is 23.3 Å². The Kier molecular flexibility index (Phi) is 3.22. The second-order valence-corrected chi connectivity index (χ2v) is 4.57. The highest BCUT2D eigenvalue weighted by molar-refractivity contribution is 7.99. The van der Waals surface area contributed by atoms with Crippen LogP contribution in [0.2, 0.25) is 0 Å². The molecular weight excluding hydrogens is 180 g/mol. The third kappa shape index (κ3) is 2.71. The van der Waals surface area contributed by atoms with Gasteiger partial charge in [-0.3, -0.25) is 0 Å². The number of piperidine rings is 1. The maximum atomic E-state index is 4.31. The average Bonchev–Trinajstić information content (AvgIpc) is 2.21. The summed E-state index contributed by atoms with van der Waals surface area (Å²) in [7, 11) is 0. The first-order chi connectivity index (χ1) is 6.45. The molecule has 1 N–H and O–H groups in total. The van der Waals surface area contributed by atoms with E-state index in [0.717, 1.165) is 11.6 Å². The standard InChI is InChI=1S/C10H14N2S/c1-2-7-12-10(5-1)13-9-4-3-6-11-8-9/h1-2,5,7,9,11H,3-4,6,8H2/t9-/m0/s1. The molecular formula is C10H14N2S. The van der Waals surface area contributed by atoms with Crippen molar-refractivity contribution >= 4 is 11.8 Å². The number of thioether (sulfide) groups is 1. The van der Waals surface area contributed by atoms with E-state index in [0.29, 0.717) is 5.25 Å². The zero-order valence-corrected chi connectivity index (χ0v) is 8.39. The van der Waals surface area contributed by atoms with Gasteiger partial charge in [-0.25, -0.2) is 4.98 Å². The summed E-state index contributed by atoms with van der Waals surface area (Å²) in [6, 6.07) is 6.09. The minimum absolute atomic E-state index is 0.712. The van der Waals surface area contributed by atoms with Crippen LogP contribution in [-0.2, 0) is 0 Å². The van der Waals surface area contributed by atoms with Gasteiger partial charge in [-0.2, -0.15) is 0 Å². The predicted octanol–water partition coefficient (Wildman–Crippen LogP) is 1.93. The van der Waals surface area contributed by atoms with Gasteiger partial charge in [-0.15, -0.1) is 11.8 Å². The number of nitrogens with one attached hydrogen (secondary N) is 1. The molecule has 0 aliphatic carbocycles. The molecule has 13 heavy (non-hydrogen) atoms. The lowest BCUT2D eigenvalue weighted by Gasteiger charge is -2.21. The largest absolute Gasteiger partial charge is 0.316 e. The van der Waals surface area contributed by atoms with Crippen molar-refractivity contribution in [3.8, 4) is 0 Å². The third-order valence-electron chi connectivity index (χ3n) is 2.18. The second-order valence-electron chi connectivity index (χ2n) is 3.25. The first kappa shape index (κ1) is 9.03. The van der Waals surface area contributed by atoms with E-state index >= 15 is 0 Å². The van der Waals surface area contributed by atoms with Crippen LogP contribution in [0.1, 0.15) is 12.8 Å². The smallest absolute Gasteiger partial charge is 0.0962 e. The molecule has 1 aliphatic rings. The van der Waals surface area contributed by atoms with E-state index < -0.39 is 0 Å². The van der Waals surface area contributed by atoms with Crippen molar-refractivity contribution in [2.24, 2.45) is 0 Å². The third-order valence-corrected chi connectivity index (χ3v) is 3.40. The Morgan fingerprint density at radius 2 is 2.46 bits per heavy atom. The fourth-order valence-corrected chi connectivity index (χ4v) is 2.61. The van der Waals surface area contributed by atoms with Crippen LogP contribution in [0.4, 0.5) is 0 Å². The average molecular weight is 194 g/mol. The number of pyridine rings is 1. The Morgan fingerprint density at radius 1 is 1.46 bits per heavy atom. The maximum absolute atomic E-state index is 4.31. The fourth-order valence-electron chi connectivity index (χ4n) is 1.51. The highest BCUT2D eigenvalue weighted by atomic mass is 32.2. The minimum Gasteiger partial charge on any atom is -0.316 e. The zero-order valence-electron chi connectivity index (χ0n) is 7.57. The first-order valence-electron chi connectivity index (χ1n) is 4.73. The van der Waals surface area contributed by atoms with Crippen LogP contribution in [0.5, 0.6) is 0 Å². The molecule has 1 fully saturated rings. The van der Waals surface area contributed by atoms with Gasteiger partial charge in [0.25, 0.3) is 0 Å². The van der Waals surface area contributed by atoms with Gasteiger partial charge in [-0.05, 0) is 31.5 Å². The van der Waals surface area contributed by atoms with E-state index in [9.17, 15) is 0 Å². The zero-order chi connectivity index (χ0) is 8.93. The van der Waals surface area contributed by atoms with Crippen molar-refractivity contribution in [1.82, 2.24) is 10.3 Å². The van der Waals surface area contributed by atoms with E-state index in [1.165, 1.54) is 19.4 Å². The SMILES string of the molecule is c1ccc(S[C@H]2CCCNC2)nc1. The lowest BCUT2D eigenvalue weighted by Crippen LogP contribution is -2.31. The molecule has 0 unspecified atom stereocenters. The summed E-state index contributed by atoms with van der Waals surface area (Å²) in [5.41, 5.74) is 0. The van der Waals surface area contributed by atoms with Gasteiger partial charge in [-0.1, -0.05) is 6.07 Å². The molecule has 1 atom stereocenters. The van der Waals surface area contributed by atoms with E-state index in [1.54, 1.807) is 0 Å². The van der Waals surface area contributed by atoms with Crippen LogP contribution in [0, 0.1) is 0 Å². The maximum Gasteiger partial charge on any atom is 0.0962 e. The van der Waals surface area contributed by atoms with Crippen molar-refractivity contribution in [3.63, 3.8) is 0 Å². The number of rotatable bonds is 2. The van der Waals surface area contributed by atoms with Crippen LogP contribution < -0.4 is 5.32 Å². The molecule has 1 aliphatic heterocycles. The number of hydrogen-bond acceptors (Lipinski definition) is 3. The van der Waals surface area contributed by atoms with Gasteiger partial charge < -0.3 is 5.32 Å². The van der Waals surface area contributed by atoms with Crippen molar-refractivity contribution in [3.05, 3.63) is 24.4 Å². The van der Waals surface area contributed by atoms with Gasteiger partial charge >= 0.3 is 0 Å². The topological polar surface area (TPSA) is 24.9 Å². The van der Waals surface area contributed by atoms with Gasteiger partial charge in [0.05, 0.1) is 5.03 Å². The summed E-state index contributed by atoms with van der Waals surface area (Å²) >= 11 is 1.89. The highest BCUT2D eigenvalue weighted by Gasteiger charge is 2.13. The Bertz CT molecular complexity index is 244. The predicted molar refractivity (Wildman–Crippen MR) is 56.0 cm³/mol. The molecule has 2 heterocycles. The van der Waals surface area contributed by atoms with E-state index in [4.69, 9.17) is 0 Å². The number of nitrogens with zero attached hydrogens (tertiary/aromatic N) is 1. The lowest BCUT2D eigenvalue weighted by molar-refractivity contribution is 0.531. The highest BCUT2D eigenvalue weighted by Crippen LogP contribution is 2.24. The Balaban J connectivity index is 1.90. The molecule has 1 aromatic rings. The summed E-state index contributed by atoms with van der Waals surface area (Å²) in [6.07, 6.45) is 4.47. The molecule has 1 aromatic heterocycles. The summed E-state index contributed by atoms with van der Waals surface area (Å²) in [4.78, 5) is 4.31. The van der Waals surface area contributed by atoms with E-state index in [-0.39, 0.29) is 0 Å². The van der Waals surface area contributed by atoms with Gasteiger partial charge in [0.15, 0.2) is 0 Å². The molecule has 0 amide bonds. The Labute approximate surface area is 83.1 Å². The normalized spacial score (nSPS) is 22.9. The van der Waals surface area contributed by atoms with Gasteiger partial charge in [0.2, 0.25) is 0 Å². The second kappa shape index (κ2) is 4.63. The molecule has 1 saturated heterocycles. The molecule has 0 saturated carbocycles. The van der Waals surface area contributed by atoms with Gasteiger partial charge in [0.1, 0.15) is 0 Å². The van der Waals surface area contributed by atoms with Crippen molar-refractivity contribution in [1.29, 1.82) is 0 Å². The first-order valence-corrected chi connectivity index (χ1v) is 5.61. The summed E-state index contributed by atoms with van der Waals surface area (Å²) < 4.78 is 0. The lowest BCUT2D eigenvalue weighted by atomic mass is 10.2. The van der Waals surface area contributed by atoms with Gasteiger partial charge in [0, 0.05) is 18.0 Å². The Hall–Kier alpha value is -0.540. The molecule has 2 nitrogen and oxygen atoms in total. The number of hydrogen-bond donors (Lipinski definition) is 1. The van der Waals surface area contributed by atoms with Crippen molar-refractivity contribution in [2.75, 3.05) is 13.1 Å². The van der Waals surface area contributed by atoms with Crippen molar-refractivity contribution in [2.45, 2.75) is 23.1 Å². The molecule has 3 heteroatoms. The Morgan fingerprint density at radius 3 is 3.15 bits per heavy atom. The molecule has 0 bridgehead atoms. The van der Waals surface area contributed by atoms with Crippen LogP contribution in [0.3, 0.4) is 0 Å². The fraction of sp³-hybridized carbons (Fsp3) is 0.500.